The van der Waals surface area contributed by atoms with Gasteiger partial charge in [0.15, 0.2) is 6.61 Å². The van der Waals surface area contributed by atoms with Gasteiger partial charge in [0.25, 0.3) is 11.8 Å². The molecule has 0 saturated carbocycles. The van der Waals surface area contributed by atoms with Crippen molar-refractivity contribution in [1.82, 2.24) is 10.7 Å². The van der Waals surface area contributed by atoms with Gasteiger partial charge in [-0.05, 0) is 60.9 Å². The van der Waals surface area contributed by atoms with E-state index in [-0.39, 0.29) is 12.5 Å². The van der Waals surface area contributed by atoms with Crippen molar-refractivity contribution in [2.24, 2.45) is 11.0 Å². The van der Waals surface area contributed by atoms with Crippen LogP contribution >= 0.6 is 27.5 Å². The lowest BCUT2D eigenvalue weighted by molar-refractivity contribution is -0.130. The summed E-state index contributed by atoms with van der Waals surface area (Å²) < 4.78 is 12.2. The topological polar surface area (TPSA) is 92.9 Å². The minimum atomic E-state index is -0.756. The molecule has 1 heterocycles. The predicted molar refractivity (Wildman–Crippen MR) is 136 cm³/mol. The second-order valence-electron chi connectivity index (χ2n) is 7.94. The smallest absolute Gasteiger partial charge is 0.262 e. The Labute approximate surface area is 211 Å². The van der Waals surface area contributed by atoms with Crippen molar-refractivity contribution in [1.29, 1.82) is 0 Å². The molecule has 0 fully saturated rings. The number of benzene rings is 2. The molecule has 3 rings (SSSR count). The standard InChI is InChI=1S/C25H25BrClN3O4/c1-16(2)13-22(29-24(31)15-33-20-9-7-19(27)8-10-20)25(32)30-28-14-21-11-12-23(34-21)17-3-5-18(26)6-4-17/h3-12,14,16,22H,13,15H2,1-2H3,(H,29,31)(H,30,32)/b28-14-/t22-/m0/s1. The summed E-state index contributed by atoms with van der Waals surface area (Å²) in [5.41, 5.74) is 3.40. The molecule has 2 amide bonds. The molecular weight excluding hydrogens is 522 g/mol. The van der Waals surface area contributed by atoms with E-state index in [4.69, 9.17) is 20.8 Å². The highest BCUT2D eigenvalue weighted by Crippen LogP contribution is 2.23. The van der Waals surface area contributed by atoms with Crippen molar-refractivity contribution < 1.29 is 18.7 Å². The number of ether oxygens (including phenoxy) is 1. The second kappa shape index (κ2) is 12.4. The normalized spacial score (nSPS) is 12.0. The first kappa shape index (κ1) is 25.5. The summed E-state index contributed by atoms with van der Waals surface area (Å²) in [5, 5.41) is 7.26. The monoisotopic (exact) mass is 545 g/mol. The van der Waals surface area contributed by atoms with Gasteiger partial charge in [0, 0.05) is 15.1 Å². The van der Waals surface area contributed by atoms with Gasteiger partial charge in [-0.15, -0.1) is 0 Å². The lowest BCUT2D eigenvalue weighted by atomic mass is 10.0. The number of nitrogens with zero attached hydrogens (tertiary/aromatic N) is 1. The maximum absolute atomic E-state index is 12.6. The molecule has 1 atom stereocenters. The van der Waals surface area contributed by atoms with Crippen LogP contribution in [0.1, 0.15) is 26.0 Å². The van der Waals surface area contributed by atoms with Crippen LogP contribution in [0.3, 0.4) is 0 Å². The molecule has 1 aromatic heterocycles. The Kier molecular flexibility index (Phi) is 9.30. The summed E-state index contributed by atoms with van der Waals surface area (Å²) in [6, 6.07) is 17.2. The summed E-state index contributed by atoms with van der Waals surface area (Å²) in [5.74, 6) is 1.02. The molecule has 0 aliphatic heterocycles. The van der Waals surface area contributed by atoms with Crippen LogP contribution in [0.4, 0.5) is 0 Å². The van der Waals surface area contributed by atoms with Gasteiger partial charge in [-0.2, -0.15) is 5.10 Å². The fraction of sp³-hybridized carbons (Fsp3) is 0.240. The largest absolute Gasteiger partial charge is 0.484 e. The van der Waals surface area contributed by atoms with Crippen molar-refractivity contribution in [2.75, 3.05) is 6.61 Å². The first-order valence-electron chi connectivity index (χ1n) is 10.7. The van der Waals surface area contributed by atoms with Crippen LogP contribution in [0, 0.1) is 5.92 Å². The van der Waals surface area contributed by atoms with Crippen molar-refractivity contribution in [3.05, 3.63) is 75.9 Å². The van der Waals surface area contributed by atoms with E-state index in [0.29, 0.717) is 28.7 Å². The van der Waals surface area contributed by atoms with Gasteiger partial charge in [0.2, 0.25) is 0 Å². The Balaban J connectivity index is 1.54. The van der Waals surface area contributed by atoms with E-state index in [2.05, 4.69) is 31.8 Å². The summed E-state index contributed by atoms with van der Waals surface area (Å²) in [7, 11) is 0. The Morgan fingerprint density at radius 2 is 1.79 bits per heavy atom. The van der Waals surface area contributed by atoms with Gasteiger partial charge in [-0.25, -0.2) is 5.43 Å². The number of hydrazone groups is 1. The number of rotatable bonds is 10. The zero-order valence-corrected chi connectivity index (χ0v) is 21.1. The third kappa shape index (κ3) is 8.04. The van der Waals surface area contributed by atoms with Gasteiger partial charge in [-0.3, -0.25) is 9.59 Å². The lowest BCUT2D eigenvalue weighted by Crippen LogP contribution is -2.47. The lowest BCUT2D eigenvalue weighted by Gasteiger charge is -2.19. The van der Waals surface area contributed by atoms with E-state index in [9.17, 15) is 9.59 Å². The number of amides is 2. The molecule has 3 aromatic rings. The van der Waals surface area contributed by atoms with Gasteiger partial charge < -0.3 is 14.5 Å². The first-order chi connectivity index (χ1) is 16.3. The maximum Gasteiger partial charge on any atom is 0.262 e. The van der Waals surface area contributed by atoms with E-state index < -0.39 is 17.9 Å². The quantitative estimate of drug-likeness (QED) is 0.262. The average Bonchev–Trinajstić information content (AvgIpc) is 3.27. The Bertz CT molecular complexity index is 1130. The highest BCUT2D eigenvalue weighted by atomic mass is 79.9. The minimum Gasteiger partial charge on any atom is -0.484 e. The number of carbonyl (C=O) groups is 2. The van der Waals surface area contributed by atoms with E-state index in [1.807, 2.05) is 44.2 Å². The molecule has 0 radical (unpaired) electrons. The molecule has 0 spiro atoms. The average molecular weight is 547 g/mol. The van der Waals surface area contributed by atoms with E-state index in [1.165, 1.54) is 6.21 Å². The molecule has 2 aromatic carbocycles. The van der Waals surface area contributed by atoms with Crippen LogP contribution in [0.25, 0.3) is 11.3 Å². The predicted octanol–water partition coefficient (Wildman–Crippen LogP) is 5.42. The van der Waals surface area contributed by atoms with Gasteiger partial charge in [0.1, 0.15) is 23.3 Å². The maximum atomic E-state index is 12.6. The van der Waals surface area contributed by atoms with Crippen molar-refractivity contribution in [2.45, 2.75) is 26.3 Å². The number of furan rings is 1. The van der Waals surface area contributed by atoms with Crippen LogP contribution < -0.4 is 15.5 Å². The zero-order valence-electron chi connectivity index (χ0n) is 18.8. The van der Waals surface area contributed by atoms with Gasteiger partial charge >= 0.3 is 0 Å². The Hall–Kier alpha value is -3.10. The molecule has 0 saturated heterocycles. The molecule has 178 valence electrons. The summed E-state index contributed by atoms with van der Waals surface area (Å²) in [6.07, 6.45) is 1.86. The Morgan fingerprint density at radius 1 is 1.09 bits per heavy atom. The van der Waals surface area contributed by atoms with Crippen LogP contribution in [0.2, 0.25) is 5.02 Å². The molecule has 34 heavy (non-hydrogen) atoms. The third-order valence-corrected chi connectivity index (χ3v) is 5.45. The van der Waals surface area contributed by atoms with Crippen molar-refractivity contribution in [3.63, 3.8) is 0 Å². The zero-order chi connectivity index (χ0) is 24.5. The summed E-state index contributed by atoms with van der Waals surface area (Å²) in [6.45, 7) is 3.71. The first-order valence-corrected chi connectivity index (χ1v) is 11.8. The molecule has 0 aliphatic carbocycles. The van der Waals surface area contributed by atoms with Crippen LogP contribution in [-0.4, -0.2) is 30.7 Å². The van der Waals surface area contributed by atoms with E-state index in [1.54, 1.807) is 30.3 Å². The highest BCUT2D eigenvalue weighted by Gasteiger charge is 2.22. The molecular formula is C25H25BrClN3O4. The molecule has 7 nitrogen and oxygen atoms in total. The molecule has 0 aliphatic rings. The molecule has 0 bridgehead atoms. The highest BCUT2D eigenvalue weighted by molar-refractivity contribution is 9.10. The minimum absolute atomic E-state index is 0.177. The summed E-state index contributed by atoms with van der Waals surface area (Å²) >= 11 is 9.25. The number of carbonyl (C=O) groups excluding carboxylic acids is 2. The fourth-order valence-electron chi connectivity index (χ4n) is 3.05. The second-order valence-corrected chi connectivity index (χ2v) is 9.29. The molecule has 0 unspecified atom stereocenters. The Morgan fingerprint density at radius 3 is 2.47 bits per heavy atom. The summed E-state index contributed by atoms with van der Waals surface area (Å²) in [4.78, 5) is 25.0. The molecule has 9 heteroatoms. The van der Waals surface area contributed by atoms with Crippen molar-refractivity contribution >= 4 is 45.6 Å². The van der Waals surface area contributed by atoms with Gasteiger partial charge in [0.05, 0.1) is 6.21 Å². The van der Waals surface area contributed by atoms with Crippen LogP contribution in [0.15, 0.2) is 74.7 Å². The SMILES string of the molecule is CC(C)C[C@H](NC(=O)COc1ccc(Cl)cc1)C(=O)N/N=C\c1ccc(-c2ccc(Br)cc2)o1. The van der Waals surface area contributed by atoms with E-state index >= 15 is 0 Å². The van der Waals surface area contributed by atoms with E-state index in [0.717, 1.165) is 10.0 Å². The third-order valence-electron chi connectivity index (χ3n) is 4.66. The van der Waals surface area contributed by atoms with Gasteiger partial charge in [-0.1, -0.05) is 53.5 Å². The fourth-order valence-corrected chi connectivity index (χ4v) is 3.44. The number of hydrogen-bond donors (Lipinski definition) is 2. The van der Waals surface area contributed by atoms with Crippen molar-refractivity contribution in [3.8, 4) is 17.1 Å². The van der Waals surface area contributed by atoms with Crippen LogP contribution in [-0.2, 0) is 9.59 Å². The molecule has 2 N–H and O–H groups in total. The van der Waals surface area contributed by atoms with Crippen LogP contribution in [0.5, 0.6) is 5.75 Å². The number of nitrogens with one attached hydrogen (secondary N) is 2. The number of hydrogen-bond acceptors (Lipinski definition) is 5. The number of halogens is 2.